The fourth-order valence-corrected chi connectivity index (χ4v) is 6.52. The maximum Gasteiger partial charge on any atom is 0.243 e. The molecule has 2 aromatic rings. The number of nitrogens with one attached hydrogen (secondary N) is 1. The first-order valence-electron chi connectivity index (χ1n) is 11.0. The van der Waals surface area contributed by atoms with Crippen LogP contribution in [0, 0.1) is 11.8 Å². The van der Waals surface area contributed by atoms with E-state index in [0.29, 0.717) is 30.8 Å². The normalized spacial score (nSPS) is 23.2. The van der Waals surface area contributed by atoms with Crippen molar-refractivity contribution < 1.29 is 22.7 Å². The number of piperidine rings is 2. The summed E-state index contributed by atoms with van der Waals surface area (Å²) in [5.41, 5.74) is 0.676. The number of anilines is 1. The fourth-order valence-electron chi connectivity index (χ4n) is 4.72. The second-order valence-corrected chi connectivity index (χ2v) is 10.7. The number of hydrogen-bond donors (Lipinski definition) is 1. The highest BCUT2D eigenvalue weighted by Crippen LogP contribution is 2.42. The molecular weight excluding hydrogens is 428 g/mol. The Hall–Kier alpha value is -2.58. The molecule has 0 aromatic heterocycles. The first-order chi connectivity index (χ1) is 15.3. The van der Waals surface area contributed by atoms with Gasteiger partial charge in [-0.25, -0.2) is 8.42 Å². The average Bonchev–Trinajstić information content (AvgIpc) is 2.80. The van der Waals surface area contributed by atoms with Crippen molar-refractivity contribution in [3.05, 3.63) is 48.5 Å². The minimum absolute atomic E-state index is 0.0748. The van der Waals surface area contributed by atoms with Gasteiger partial charge in [0.15, 0.2) is 0 Å². The molecule has 1 aliphatic carbocycles. The Morgan fingerprint density at radius 1 is 1.09 bits per heavy atom. The van der Waals surface area contributed by atoms with Crippen molar-refractivity contribution in [1.29, 1.82) is 0 Å². The van der Waals surface area contributed by atoms with Gasteiger partial charge in [0.2, 0.25) is 15.9 Å². The van der Waals surface area contributed by atoms with E-state index in [1.165, 1.54) is 17.5 Å². The van der Waals surface area contributed by atoms with Crippen molar-refractivity contribution in [3.63, 3.8) is 0 Å². The van der Waals surface area contributed by atoms with Crippen molar-refractivity contribution in [2.24, 2.45) is 11.8 Å². The Labute approximate surface area is 189 Å². The highest BCUT2D eigenvalue weighted by molar-refractivity contribution is 7.89. The molecular formula is C24H30N2O5S. The molecule has 0 radical (unpaired) electrons. The first kappa shape index (κ1) is 22.6. The maximum atomic E-state index is 13.4. The van der Waals surface area contributed by atoms with E-state index in [-0.39, 0.29) is 34.8 Å². The second kappa shape index (κ2) is 9.11. The monoisotopic (exact) mass is 458 g/mol. The third kappa shape index (κ3) is 4.61. The molecule has 2 bridgehead atoms. The van der Waals surface area contributed by atoms with Crippen LogP contribution < -0.4 is 14.8 Å². The van der Waals surface area contributed by atoms with Crippen molar-refractivity contribution in [2.45, 2.75) is 50.2 Å². The van der Waals surface area contributed by atoms with E-state index in [0.717, 1.165) is 12.2 Å². The Morgan fingerprint density at radius 2 is 1.84 bits per heavy atom. The van der Waals surface area contributed by atoms with Gasteiger partial charge in [0.05, 0.1) is 24.0 Å². The predicted molar refractivity (Wildman–Crippen MR) is 122 cm³/mol. The number of fused-ring (bicyclic) bond motifs is 3. The predicted octanol–water partition coefficient (Wildman–Crippen LogP) is 3.91. The number of sulfonamides is 1. The Kier molecular flexibility index (Phi) is 6.44. The molecule has 1 N–H and O–H groups in total. The molecule has 2 saturated heterocycles. The molecule has 2 aromatic carbocycles. The number of ether oxygens (including phenoxy) is 2. The molecule has 2 heterocycles. The van der Waals surface area contributed by atoms with Crippen LogP contribution in [-0.2, 0) is 14.8 Å². The zero-order valence-electron chi connectivity index (χ0n) is 18.7. The molecule has 32 heavy (non-hydrogen) atoms. The topological polar surface area (TPSA) is 84.9 Å². The minimum Gasteiger partial charge on any atom is -0.497 e. The Morgan fingerprint density at radius 3 is 2.50 bits per heavy atom. The Bertz CT molecular complexity index is 1070. The van der Waals surface area contributed by atoms with Gasteiger partial charge in [0.25, 0.3) is 0 Å². The van der Waals surface area contributed by atoms with Crippen LogP contribution in [0.4, 0.5) is 5.69 Å². The molecule has 8 heteroatoms. The van der Waals surface area contributed by atoms with E-state index in [9.17, 15) is 13.2 Å². The molecule has 1 saturated carbocycles. The maximum absolute atomic E-state index is 13.4. The van der Waals surface area contributed by atoms with Gasteiger partial charge < -0.3 is 14.8 Å². The number of methoxy groups -OCH3 is 1. The molecule has 3 aliphatic rings. The number of benzene rings is 2. The number of carbonyl (C=O) groups is 1. The van der Waals surface area contributed by atoms with Crippen LogP contribution in [-0.4, -0.2) is 44.4 Å². The van der Waals surface area contributed by atoms with E-state index in [1.54, 1.807) is 30.3 Å². The Balaban J connectivity index is 1.51. The van der Waals surface area contributed by atoms with Gasteiger partial charge >= 0.3 is 0 Å². The average molecular weight is 459 g/mol. The molecule has 172 valence electrons. The summed E-state index contributed by atoms with van der Waals surface area (Å²) in [6.07, 6.45) is 2.41. The van der Waals surface area contributed by atoms with Crippen LogP contribution in [0.2, 0.25) is 0 Å². The van der Waals surface area contributed by atoms with E-state index >= 15 is 0 Å². The molecule has 3 fully saturated rings. The summed E-state index contributed by atoms with van der Waals surface area (Å²) >= 11 is 0. The third-order valence-electron chi connectivity index (χ3n) is 6.21. The fraction of sp³-hybridized carbons (Fsp3) is 0.458. The summed E-state index contributed by atoms with van der Waals surface area (Å²) in [5, 5.41) is 2.97. The number of amides is 1. The van der Waals surface area contributed by atoms with E-state index in [1.807, 2.05) is 26.0 Å². The standard InChI is InChI=1S/C24H30N2O5S/c1-16(2)31-19-10-8-18(9-11-19)25-24(27)22-13-17-7-12-23(22)26(15-17)32(28,29)21-6-4-5-20(14-21)30-3/h4-6,8-11,14,16-17,22-23H,7,12-13,15H2,1-3H3,(H,25,27). The van der Waals surface area contributed by atoms with Gasteiger partial charge in [-0.15, -0.1) is 0 Å². The van der Waals surface area contributed by atoms with Crippen LogP contribution in [0.25, 0.3) is 0 Å². The molecule has 3 unspecified atom stereocenters. The highest BCUT2D eigenvalue weighted by Gasteiger charge is 2.48. The molecule has 2 aliphatic heterocycles. The van der Waals surface area contributed by atoms with Crippen molar-refractivity contribution in [3.8, 4) is 11.5 Å². The number of hydrogen-bond acceptors (Lipinski definition) is 5. The van der Waals surface area contributed by atoms with Crippen LogP contribution >= 0.6 is 0 Å². The lowest BCUT2D eigenvalue weighted by atomic mass is 9.73. The molecule has 5 rings (SSSR count). The van der Waals surface area contributed by atoms with E-state index in [2.05, 4.69) is 5.32 Å². The molecule has 0 spiro atoms. The van der Waals surface area contributed by atoms with Gasteiger partial charge in [0, 0.05) is 24.3 Å². The van der Waals surface area contributed by atoms with Crippen LogP contribution in [0.15, 0.2) is 53.4 Å². The lowest BCUT2D eigenvalue weighted by molar-refractivity contribution is -0.125. The smallest absolute Gasteiger partial charge is 0.243 e. The number of rotatable bonds is 7. The van der Waals surface area contributed by atoms with E-state index in [4.69, 9.17) is 9.47 Å². The molecule has 1 amide bonds. The lowest BCUT2D eigenvalue weighted by Gasteiger charge is -2.48. The largest absolute Gasteiger partial charge is 0.497 e. The highest BCUT2D eigenvalue weighted by atomic mass is 32.2. The van der Waals surface area contributed by atoms with Gasteiger partial charge in [-0.1, -0.05) is 6.07 Å². The number of nitrogens with zero attached hydrogens (tertiary/aromatic N) is 1. The summed E-state index contributed by atoms with van der Waals surface area (Å²) in [6, 6.07) is 13.4. The second-order valence-electron chi connectivity index (χ2n) is 8.79. The van der Waals surface area contributed by atoms with Gasteiger partial charge in [-0.3, -0.25) is 4.79 Å². The lowest BCUT2D eigenvalue weighted by Crippen LogP contribution is -2.57. The SMILES string of the molecule is COc1cccc(S(=O)(=O)N2CC3CCC2C(C(=O)Nc2ccc(OC(C)C)cc2)C3)c1. The van der Waals surface area contributed by atoms with Gasteiger partial charge in [-0.2, -0.15) is 4.31 Å². The summed E-state index contributed by atoms with van der Waals surface area (Å²) in [4.78, 5) is 13.3. The van der Waals surface area contributed by atoms with Gasteiger partial charge in [0.1, 0.15) is 11.5 Å². The van der Waals surface area contributed by atoms with Crippen LogP contribution in [0.1, 0.15) is 33.1 Å². The summed E-state index contributed by atoms with van der Waals surface area (Å²) in [5.74, 6) is 0.896. The quantitative estimate of drug-likeness (QED) is 0.680. The number of carbonyl (C=O) groups excluding carboxylic acids is 1. The van der Waals surface area contributed by atoms with Gasteiger partial charge in [-0.05, 0) is 75.4 Å². The zero-order valence-corrected chi connectivity index (χ0v) is 19.5. The zero-order chi connectivity index (χ0) is 22.9. The van der Waals surface area contributed by atoms with Crippen molar-refractivity contribution in [2.75, 3.05) is 19.0 Å². The molecule has 3 atom stereocenters. The van der Waals surface area contributed by atoms with E-state index < -0.39 is 10.0 Å². The third-order valence-corrected chi connectivity index (χ3v) is 8.10. The first-order valence-corrected chi connectivity index (χ1v) is 12.5. The summed E-state index contributed by atoms with van der Waals surface area (Å²) in [7, 11) is -2.21. The van der Waals surface area contributed by atoms with Crippen molar-refractivity contribution in [1.82, 2.24) is 4.31 Å². The summed E-state index contributed by atoms with van der Waals surface area (Å²) in [6.45, 7) is 4.37. The van der Waals surface area contributed by atoms with Crippen LogP contribution in [0.3, 0.4) is 0 Å². The molecule has 7 nitrogen and oxygen atoms in total. The minimum atomic E-state index is -3.73. The summed E-state index contributed by atoms with van der Waals surface area (Å²) < 4.78 is 39.2. The van der Waals surface area contributed by atoms with Crippen molar-refractivity contribution >= 4 is 21.6 Å². The van der Waals surface area contributed by atoms with Crippen LogP contribution in [0.5, 0.6) is 11.5 Å².